The van der Waals surface area contributed by atoms with E-state index in [9.17, 15) is 9.59 Å². The Morgan fingerprint density at radius 1 is 1.06 bits per heavy atom. The van der Waals surface area contributed by atoms with E-state index in [0.717, 1.165) is 32.1 Å². The van der Waals surface area contributed by atoms with Gasteiger partial charge in [0.25, 0.3) is 0 Å². The fraction of sp³-hybridized carbons (Fsp3) is 0.857. The van der Waals surface area contributed by atoms with Gasteiger partial charge in [-0.05, 0) is 19.3 Å². The zero-order valence-electron chi connectivity index (χ0n) is 11.9. The second-order valence-electron chi connectivity index (χ2n) is 4.69. The van der Waals surface area contributed by atoms with E-state index in [1.165, 1.54) is 0 Å². The second kappa shape index (κ2) is 9.92. The van der Waals surface area contributed by atoms with Gasteiger partial charge in [-0.3, -0.25) is 9.59 Å². The van der Waals surface area contributed by atoms with Crippen LogP contribution in [-0.4, -0.2) is 35.0 Å². The highest BCUT2D eigenvalue weighted by atomic mass is 16.4. The normalized spacial score (nSPS) is 10.7. The Bertz CT molecular complexity index is 249. The molecule has 0 saturated carbocycles. The summed E-state index contributed by atoms with van der Waals surface area (Å²) in [5, 5.41) is 8.73. The third kappa shape index (κ3) is 6.62. The number of unbranched alkanes of at least 4 members (excludes halogenated alkanes) is 2. The zero-order chi connectivity index (χ0) is 14.0. The van der Waals surface area contributed by atoms with Crippen molar-refractivity contribution in [3.63, 3.8) is 0 Å². The molecule has 0 fully saturated rings. The molecule has 0 aromatic rings. The highest BCUT2D eigenvalue weighted by Crippen LogP contribution is 2.13. The fourth-order valence-corrected chi connectivity index (χ4v) is 2.01. The average molecular weight is 257 g/mol. The Labute approximate surface area is 110 Å². The minimum Gasteiger partial charge on any atom is -0.481 e. The molecule has 0 atom stereocenters. The van der Waals surface area contributed by atoms with Gasteiger partial charge in [-0.15, -0.1) is 0 Å². The summed E-state index contributed by atoms with van der Waals surface area (Å²) in [6.07, 6.45) is 4.84. The summed E-state index contributed by atoms with van der Waals surface area (Å²) < 4.78 is 0. The largest absolute Gasteiger partial charge is 0.481 e. The Morgan fingerprint density at radius 3 is 2.11 bits per heavy atom. The Balaban J connectivity index is 4.41. The number of hydrogen-bond acceptors (Lipinski definition) is 2. The molecule has 106 valence electrons. The fourth-order valence-electron chi connectivity index (χ4n) is 2.01. The lowest BCUT2D eigenvalue weighted by atomic mass is 10.0. The van der Waals surface area contributed by atoms with E-state index in [-0.39, 0.29) is 18.2 Å². The molecule has 0 aliphatic carbocycles. The van der Waals surface area contributed by atoms with Crippen molar-refractivity contribution in [1.82, 2.24) is 4.90 Å². The van der Waals surface area contributed by atoms with E-state index < -0.39 is 5.97 Å². The maximum Gasteiger partial charge on any atom is 0.305 e. The third-order valence-corrected chi connectivity index (χ3v) is 3.27. The Kier molecular flexibility index (Phi) is 9.33. The lowest BCUT2D eigenvalue weighted by Crippen LogP contribution is -2.38. The van der Waals surface area contributed by atoms with E-state index in [4.69, 9.17) is 5.11 Å². The molecule has 1 N–H and O–H groups in total. The SMILES string of the molecule is CCCCCN(CCC(=O)O)C(=O)C(CC)CC. The van der Waals surface area contributed by atoms with E-state index in [2.05, 4.69) is 6.92 Å². The first-order valence-corrected chi connectivity index (χ1v) is 7.07. The summed E-state index contributed by atoms with van der Waals surface area (Å²) in [7, 11) is 0. The molecule has 0 spiro atoms. The van der Waals surface area contributed by atoms with Gasteiger partial charge in [0.1, 0.15) is 0 Å². The van der Waals surface area contributed by atoms with Crippen LogP contribution < -0.4 is 0 Å². The number of carbonyl (C=O) groups is 2. The van der Waals surface area contributed by atoms with Crippen LogP contribution in [0.15, 0.2) is 0 Å². The predicted octanol–water partition coefficient (Wildman–Crippen LogP) is 2.92. The molecule has 0 radical (unpaired) electrons. The second-order valence-corrected chi connectivity index (χ2v) is 4.69. The van der Waals surface area contributed by atoms with Gasteiger partial charge in [0, 0.05) is 19.0 Å². The van der Waals surface area contributed by atoms with Crippen LogP contribution in [0.4, 0.5) is 0 Å². The van der Waals surface area contributed by atoms with Gasteiger partial charge in [0.15, 0.2) is 0 Å². The molecule has 0 unspecified atom stereocenters. The molecule has 0 aromatic heterocycles. The predicted molar refractivity (Wildman–Crippen MR) is 72.4 cm³/mol. The standard InChI is InChI=1S/C14H27NO3/c1-4-7-8-10-15(11-9-13(16)17)14(18)12(5-2)6-3/h12H,4-11H2,1-3H3,(H,16,17). The van der Waals surface area contributed by atoms with E-state index in [1.54, 1.807) is 4.90 Å². The minimum atomic E-state index is -0.840. The van der Waals surface area contributed by atoms with Crippen molar-refractivity contribution in [3.05, 3.63) is 0 Å². The molecule has 4 nitrogen and oxygen atoms in total. The number of carboxylic acid groups (broad SMARTS) is 1. The number of carbonyl (C=O) groups excluding carboxylic acids is 1. The van der Waals surface area contributed by atoms with Crippen molar-refractivity contribution in [2.45, 2.75) is 59.3 Å². The van der Waals surface area contributed by atoms with Crippen LogP contribution >= 0.6 is 0 Å². The van der Waals surface area contributed by atoms with Gasteiger partial charge in [-0.25, -0.2) is 0 Å². The van der Waals surface area contributed by atoms with Crippen molar-refractivity contribution in [1.29, 1.82) is 0 Å². The zero-order valence-corrected chi connectivity index (χ0v) is 11.9. The maximum absolute atomic E-state index is 12.2. The van der Waals surface area contributed by atoms with Gasteiger partial charge in [-0.2, -0.15) is 0 Å². The molecule has 4 heteroatoms. The summed E-state index contributed by atoms with van der Waals surface area (Å²) >= 11 is 0. The van der Waals surface area contributed by atoms with E-state index >= 15 is 0 Å². The van der Waals surface area contributed by atoms with Crippen LogP contribution in [0.3, 0.4) is 0 Å². The molecule has 0 heterocycles. The first-order valence-electron chi connectivity index (χ1n) is 7.07. The molecule has 18 heavy (non-hydrogen) atoms. The molecule has 0 aliphatic heterocycles. The van der Waals surface area contributed by atoms with Crippen molar-refractivity contribution in [2.24, 2.45) is 5.92 Å². The smallest absolute Gasteiger partial charge is 0.305 e. The summed E-state index contributed by atoms with van der Waals surface area (Å²) in [5.74, 6) is -0.675. The molecule has 0 aromatic carbocycles. The minimum absolute atomic E-state index is 0.0397. The Hall–Kier alpha value is -1.06. The van der Waals surface area contributed by atoms with Gasteiger partial charge in [0.2, 0.25) is 5.91 Å². The molecule has 0 rings (SSSR count). The van der Waals surface area contributed by atoms with Crippen molar-refractivity contribution in [3.8, 4) is 0 Å². The lowest BCUT2D eigenvalue weighted by molar-refractivity contribution is -0.140. The van der Waals surface area contributed by atoms with Crippen LogP contribution in [0.5, 0.6) is 0 Å². The number of rotatable bonds is 10. The molecular weight excluding hydrogens is 230 g/mol. The van der Waals surface area contributed by atoms with E-state index in [1.807, 2.05) is 13.8 Å². The number of amides is 1. The monoisotopic (exact) mass is 257 g/mol. The van der Waals surface area contributed by atoms with Crippen LogP contribution in [0.25, 0.3) is 0 Å². The van der Waals surface area contributed by atoms with Crippen LogP contribution in [0, 0.1) is 5.92 Å². The first-order chi connectivity index (χ1) is 8.56. The maximum atomic E-state index is 12.2. The highest BCUT2D eigenvalue weighted by Gasteiger charge is 2.21. The molecule has 0 aliphatic rings. The molecule has 0 saturated heterocycles. The average Bonchev–Trinajstić information content (AvgIpc) is 2.34. The number of aliphatic carboxylic acids is 1. The Morgan fingerprint density at radius 2 is 1.67 bits per heavy atom. The summed E-state index contributed by atoms with van der Waals surface area (Å²) in [5.41, 5.74) is 0. The van der Waals surface area contributed by atoms with E-state index in [0.29, 0.717) is 13.1 Å². The molecule has 1 amide bonds. The van der Waals surface area contributed by atoms with Crippen molar-refractivity contribution in [2.75, 3.05) is 13.1 Å². The van der Waals surface area contributed by atoms with Gasteiger partial charge in [0.05, 0.1) is 6.42 Å². The van der Waals surface area contributed by atoms with Crippen molar-refractivity contribution < 1.29 is 14.7 Å². The lowest BCUT2D eigenvalue weighted by Gasteiger charge is -2.26. The highest BCUT2D eigenvalue weighted by molar-refractivity contribution is 5.79. The summed E-state index contributed by atoms with van der Waals surface area (Å²) in [4.78, 5) is 24.6. The molecular formula is C14H27NO3. The van der Waals surface area contributed by atoms with Gasteiger partial charge < -0.3 is 10.0 Å². The number of carboxylic acids is 1. The van der Waals surface area contributed by atoms with Crippen LogP contribution in [0.2, 0.25) is 0 Å². The quantitative estimate of drug-likeness (QED) is 0.612. The number of nitrogens with zero attached hydrogens (tertiary/aromatic N) is 1. The van der Waals surface area contributed by atoms with Gasteiger partial charge >= 0.3 is 5.97 Å². The number of hydrogen-bond donors (Lipinski definition) is 1. The third-order valence-electron chi connectivity index (χ3n) is 3.27. The topological polar surface area (TPSA) is 57.6 Å². The molecule has 0 bridgehead atoms. The van der Waals surface area contributed by atoms with Crippen molar-refractivity contribution >= 4 is 11.9 Å². The van der Waals surface area contributed by atoms with Crippen LogP contribution in [-0.2, 0) is 9.59 Å². The summed E-state index contributed by atoms with van der Waals surface area (Å²) in [6.45, 7) is 7.16. The van der Waals surface area contributed by atoms with Crippen LogP contribution in [0.1, 0.15) is 59.3 Å². The van der Waals surface area contributed by atoms with Gasteiger partial charge in [-0.1, -0.05) is 33.6 Å². The first kappa shape index (κ1) is 16.9. The summed E-state index contributed by atoms with van der Waals surface area (Å²) in [6, 6.07) is 0.